The molecule has 3 nitrogen and oxygen atoms in total. The molecule has 1 aliphatic rings. The Morgan fingerprint density at radius 2 is 2.00 bits per heavy atom. The van der Waals surface area contributed by atoms with Crippen LogP contribution in [0.1, 0.15) is 25.5 Å². The van der Waals surface area contributed by atoms with Gasteiger partial charge in [-0.2, -0.15) is 0 Å². The molecule has 2 N–H and O–H groups in total. The Hall–Kier alpha value is -0.200. The molecule has 120 valence electrons. The molecule has 0 bridgehead atoms. The van der Waals surface area contributed by atoms with Crippen LogP contribution in [-0.2, 0) is 0 Å². The van der Waals surface area contributed by atoms with Crippen LogP contribution in [0, 0.1) is 11.2 Å². The van der Waals surface area contributed by atoms with Crippen LogP contribution >= 0.6 is 28.3 Å². The second-order valence-corrected chi connectivity index (χ2v) is 6.77. The minimum absolute atomic E-state index is 0. The third kappa shape index (κ3) is 4.17. The van der Waals surface area contributed by atoms with Gasteiger partial charge in [0.15, 0.2) is 0 Å². The van der Waals surface area contributed by atoms with Crippen LogP contribution in [0.25, 0.3) is 0 Å². The Kier molecular flexibility index (Phi) is 7.07. The fourth-order valence-electron chi connectivity index (χ4n) is 2.87. The summed E-state index contributed by atoms with van der Waals surface area (Å²) in [6, 6.07) is 5.11. The third-order valence-electron chi connectivity index (χ3n) is 3.94. The van der Waals surface area contributed by atoms with E-state index in [-0.39, 0.29) is 36.3 Å². The van der Waals surface area contributed by atoms with Crippen molar-refractivity contribution in [2.24, 2.45) is 5.41 Å². The maximum atomic E-state index is 13.9. The number of nitrogens with zero attached hydrogens (tertiary/aromatic N) is 1. The van der Waals surface area contributed by atoms with E-state index < -0.39 is 0 Å². The molecule has 1 saturated heterocycles. The van der Waals surface area contributed by atoms with Gasteiger partial charge in [0, 0.05) is 44.2 Å². The molecule has 0 radical (unpaired) electrons. The van der Waals surface area contributed by atoms with Gasteiger partial charge in [-0.15, -0.1) is 12.4 Å². The molecule has 1 fully saturated rings. The minimum atomic E-state index is -0.340. The Morgan fingerprint density at radius 1 is 1.38 bits per heavy atom. The maximum absolute atomic E-state index is 13.9. The first-order chi connectivity index (χ1) is 9.47. The van der Waals surface area contributed by atoms with Gasteiger partial charge in [-0.05, 0) is 27.6 Å². The van der Waals surface area contributed by atoms with Crippen molar-refractivity contribution < 1.29 is 9.50 Å². The van der Waals surface area contributed by atoms with Gasteiger partial charge in [0.2, 0.25) is 0 Å². The summed E-state index contributed by atoms with van der Waals surface area (Å²) in [7, 11) is 0. The summed E-state index contributed by atoms with van der Waals surface area (Å²) in [5.41, 5.74) is 0.569. The fourth-order valence-corrected chi connectivity index (χ4v) is 3.35. The lowest BCUT2D eigenvalue weighted by atomic mass is 9.79. The van der Waals surface area contributed by atoms with Crippen molar-refractivity contribution in [3.05, 3.63) is 34.1 Å². The Labute approximate surface area is 140 Å². The zero-order valence-electron chi connectivity index (χ0n) is 12.4. The van der Waals surface area contributed by atoms with E-state index in [9.17, 15) is 9.50 Å². The highest BCUT2D eigenvalue weighted by molar-refractivity contribution is 9.10. The summed E-state index contributed by atoms with van der Waals surface area (Å²) >= 11 is 3.37. The zero-order valence-corrected chi connectivity index (χ0v) is 14.8. The van der Waals surface area contributed by atoms with Crippen molar-refractivity contribution in [3.63, 3.8) is 0 Å². The third-order valence-corrected chi connectivity index (χ3v) is 4.78. The van der Waals surface area contributed by atoms with E-state index in [1.807, 2.05) is 19.9 Å². The molecule has 6 heteroatoms. The van der Waals surface area contributed by atoms with Gasteiger partial charge in [-0.25, -0.2) is 4.39 Å². The minimum Gasteiger partial charge on any atom is -0.396 e. The topological polar surface area (TPSA) is 35.5 Å². The first-order valence-electron chi connectivity index (χ1n) is 6.97. The summed E-state index contributed by atoms with van der Waals surface area (Å²) in [5.74, 6) is -0.253. The van der Waals surface area contributed by atoms with E-state index in [1.165, 1.54) is 6.07 Å². The average Bonchev–Trinajstić information content (AvgIpc) is 2.45. The van der Waals surface area contributed by atoms with Gasteiger partial charge >= 0.3 is 0 Å². The normalized spacial score (nSPS) is 18.1. The molecule has 0 aliphatic carbocycles. The monoisotopic (exact) mass is 380 g/mol. The number of piperazine rings is 1. The van der Waals surface area contributed by atoms with E-state index in [4.69, 9.17) is 0 Å². The number of hydrogen-bond acceptors (Lipinski definition) is 3. The Morgan fingerprint density at radius 3 is 2.57 bits per heavy atom. The van der Waals surface area contributed by atoms with E-state index in [2.05, 4.69) is 26.1 Å². The van der Waals surface area contributed by atoms with Gasteiger partial charge < -0.3 is 10.4 Å². The molecule has 0 spiro atoms. The summed E-state index contributed by atoms with van der Waals surface area (Å²) in [6.45, 7) is 7.75. The molecule has 21 heavy (non-hydrogen) atoms. The first-order valence-corrected chi connectivity index (χ1v) is 7.76. The van der Waals surface area contributed by atoms with Crippen molar-refractivity contribution in [1.29, 1.82) is 0 Å². The van der Waals surface area contributed by atoms with Crippen LogP contribution in [0.2, 0.25) is 0 Å². The van der Waals surface area contributed by atoms with Crippen molar-refractivity contribution in [2.75, 3.05) is 32.8 Å². The molecular formula is C15H23BrClFN2O. The lowest BCUT2D eigenvalue weighted by molar-refractivity contribution is 0.0300. The molecule has 1 aromatic rings. The summed E-state index contributed by atoms with van der Waals surface area (Å²) in [6.07, 6.45) is 0. The average molecular weight is 382 g/mol. The van der Waals surface area contributed by atoms with Crippen LogP contribution in [0.3, 0.4) is 0 Å². The first kappa shape index (κ1) is 18.8. The van der Waals surface area contributed by atoms with Gasteiger partial charge in [0.1, 0.15) is 5.82 Å². The fraction of sp³-hybridized carbons (Fsp3) is 0.600. The number of aliphatic hydroxyl groups is 1. The number of aliphatic hydroxyl groups excluding tert-OH is 1. The zero-order chi connectivity index (χ0) is 14.8. The van der Waals surface area contributed by atoms with Crippen molar-refractivity contribution >= 4 is 28.3 Å². The SMILES string of the molecule is CC(C)(CO)[C@@H](c1cccc(F)c1Br)N1CCNCC1.Cl. The second kappa shape index (κ2) is 7.88. The number of halogens is 3. The van der Waals surface area contributed by atoms with Crippen LogP contribution in [0.5, 0.6) is 0 Å². The highest BCUT2D eigenvalue weighted by Crippen LogP contribution is 2.41. The predicted molar refractivity (Wildman–Crippen MR) is 89.4 cm³/mol. The molecule has 1 heterocycles. The smallest absolute Gasteiger partial charge is 0.137 e. The predicted octanol–water partition coefficient (Wildman–Crippen LogP) is 2.97. The molecule has 0 amide bonds. The molecule has 1 aliphatic heterocycles. The standard InChI is InChI=1S/C15H22BrFN2O.ClH/c1-15(2,10-20)14(19-8-6-18-7-9-19)11-4-3-5-12(17)13(11)16;/h3-5,14,18,20H,6-10H2,1-2H3;1H/t14-;/m1./s1. The molecule has 0 saturated carbocycles. The van der Waals surface area contributed by atoms with Gasteiger partial charge in [0.05, 0.1) is 4.47 Å². The van der Waals surface area contributed by atoms with Crippen molar-refractivity contribution in [1.82, 2.24) is 10.2 Å². The van der Waals surface area contributed by atoms with Crippen LogP contribution in [0.4, 0.5) is 4.39 Å². The molecule has 0 unspecified atom stereocenters. The highest BCUT2D eigenvalue weighted by Gasteiger charge is 2.37. The maximum Gasteiger partial charge on any atom is 0.137 e. The summed E-state index contributed by atoms with van der Waals surface area (Å²) in [5, 5.41) is 13.1. The molecular weight excluding hydrogens is 359 g/mol. The second-order valence-electron chi connectivity index (χ2n) is 5.98. The van der Waals surface area contributed by atoms with Gasteiger partial charge in [-0.3, -0.25) is 4.90 Å². The molecule has 1 atom stereocenters. The van der Waals surface area contributed by atoms with Crippen molar-refractivity contribution in [2.45, 2.75) is 19.9 Å². The Balaban J connectivity index is 0.00000220. The number of nitrogens with one attached hydrogen (secondary N) is 1. The molecule has 2 rings (SSSR count). The highest BCUT2D eigenvalue weighted by atomic mass is 79.9. The molecule has 1 aromatic carbocycles. The van der Waals surface area contributed by atoms with Gasteiger partial charge in [0.25, 0.3) is 0 Å². The van der Waals surface area contributed by atoms with Gasteiger partial charge in [-0.1, -0.05) is 26.0 Å². The Bertz CT molecular complexity index is 467. The largest absolute Gasteiger partial charge is 0.396 e. The van der Waals surface area contributed by atoms with Crippen LogP contribution in [-0.4, -0.2) is 42.8 Å². The number of hydrogen-bond donors (Lipinski definition) is 2. The number of benzene rings is 1. The lowest BCUT2D eigenvalue weighted by Gasteiger charge is -2.43. The lowest BCUT2D eigenvalue weighted by Crippen LogP contribution is -2.49. The van der Waals surface area contributed by atoms with Crippen LogP contribution < -0.4 is 5.32 Å². The quantitative estimate of drug-likeness (QED) is 0.842. The van der Waals surface area contributed by atoms with E-state index in [0.717, 1.165) is 31.7 Å². The van der Waals surface area contributed by atoms with E-state index >= 15 is 0 Å². The summed E-state index contributed by atoms with van der Waals surface area (Å²) < 4.78 is 14.4. The van der Waals surface area contributed by atoms with E-state index in [1.54, 1.807) is 6.07 Å². The van der Waals surface area contributed by atoms with Crippen molar-refractivity contribution in [3.8, 4) is 0 Å². The van der Waals surface area contributed by atoms with E-state index in [0.29, 0.717) is 4.47 Å². The number of rotatable bonds is 4. The van der Waals surface area contributed by atoms with Crippen LogP contribution in [0.15, 0.2) is 22.7 Å². The molecule has 0 aromatic heterocycles. The summed E-state index contributed by atoms with van der Waals surface area (Å²) in [4.78, 5) is 2.33.